The second kappa shape index (κ2) is 10.3. The molecule has 3 rings (SSSR count). The number of amides is 1. The molecule has 0 aromatic heterocycles. The third-order valence-electron chi connectivity index (χ3n) is 5.86. The summed E-state index contributed by atoms with van der Waals surface area (Å²) in [5, 5.41) is 6.87. The molecule has 1 aromatic rings. The molecule has 154 valence electrons. The van der Waals surface area contributed by atoms with Gasteiger partial charge < -0.3 is 20.3 Å². The Morgan fingerprint density at radius 3 is 2.82 bits per heavy atom. The minimum Gasteiger partial charge on any atom is -0.497 e. The lowest BCUT2D eigenvalue weighted by molar-refractivity contribution is -0.135. The summed E-state index contributed by atoms with van der Waals surface area (Å²) in [5.74, 6) is 2.31. The Balaban J connectivity index is 1.41. The lowest BCUT2D eigenvalue weighted by atomic mass is 9.88. The number of nitrogens with zero attached hydrogens (tertiary/aromatic N) is 2. The van der Waals surface area contributed by atoms with E-state index in [9.17, 15) is 4.79 Å². The summed E-state index contributed by atoms with van der Waals surface area (Å²) >= 11 is 0. The molecule has 1 aromatic carbocycles. The molecule has 1 aliphatic heterocycles. The van der Waals surface area contributed by atoms with Crippen LogP contribution < -0.4 is 15.4 Å². The van der Waals surface area contributed by atoms with Gasteiger partial charge in [-0.1, -0.05) is 31.4 Å². The smallest absolute Gasteiger partial charge is 0.225 e. The molecule has 6 nitrogen and oxygen atoms in total. The van der Waals surface area contributed by atoms with E-state index in [0.717, 1.165) is 57.0 Å². The summed E-state index contributed by atoms with van der Waals surface area (Å²) in [6, 6.07) is 8.40. The molecular formula is C22H34N4O2. The van der Waals surface area contributed by atoms with Crippen molar-refractivity contribution >= 4 is 11.9 Å². The molecule has 2 fully saturated rings. The Bertz CT molecular complexity index is 670. The number of likely N-dealkylation sites (tertiary alicyclic amines) is 1. The van der Waals surface area contributed by atoms with Gasteiger partial charge in [0, 0.05) is 38.6 Å². The van der Waals surface area contributed by atoms with Gasteiger partial charge in [0.15, 0.2) is 5.96 Å². The summed E-state index contributed by atoms with van der Waals surface area (Å²) < 4.78 is 5.28. The molecule has 1 saturated heterocycles. The van der Waals surface area contributed by atoms with Crippen LogP contribution in [0.15, 0.2) is 29.3 Å². The van der Waals surface area contributed by atoms with Crippen molar-refractivity contribution in [2.24, 2.45) is 10.9 Å². The highest BCUT2D eigenvalue weighted by atomic mass is 16.5. The highest BCUT2D eigenvalue weighted by Crippen LogP contribution is 2.26. The molecule has 2 aliphatic rings. The summed E-state index contributed by atoms with van der Waals surface area (Å²) in [7, 11) is 3.48. The van der Waals surface area contributed by atoms with Crippen LogP contribution in [-0.2, 0) is 11.2 Å². The van der Waals surface area contributed by atoms with Crippen molar-refractivity contribution in [1.29, 1.82) is 0 Å². The second-order valence-electron chi connectivity index (χ2n) is 7.85. The van der Waals surface area contributed by atoms with E-state index >= 15 is 0 Å². The lowest BCUT2D eigenvalue weighted by Crippen LogP contribution is -2.46. The zero-order chi connectivity index (χ0) is 19.8. The van der Waals surface area contributed by atoms with Gasteiger partial charge in [-0.15, -0.1) is 0 Å². The van der Waals surface area contributed by atoms with Crippen molar-refractivity contribution in [3.63, 3.8) is 0 Å². The number of nitrogens with one attached hydrogen (secondary N) is 2. The number of guanidine groups is 1. The Morgan fingerprint density at radius 1 is 1.25 bits per heavy atom. The van der Waals surface area contributed by atoms with E-state index in [1.807, 2.05) is 12.1 Å². The number of benzene rings is 1. The molecule has 6 heteroatoms. The molecule has 1 amide bonds. The first kappa shape index (κ1) is 20.5. The maximum Gasteiger partial charge on any atom is 0.225 e. The predicted octanol–water partition coefficient (Wildman–Crippen LogP) is 2.58. The number of carbonyl (C=O) groups excluding carboxylic acids is 1. The van der Waals surface area contributed by atoms with Crippen molar-refractivity contribution in [2.45, 2.75) is 51.0 Å². The fourth-order valence-corrected chi connectivity index (χ4v) is 4.23. The van der Waals surface area contributed by atoms with Crippen molar-refractivity contribution in [2.75, 3.05) is 33.8 Å². The summed E-state index contributed by atoms with van der Waals surface area (Å²) in [5.41, 5.74) is 1.23. The Hall–Kier alpha value is -2.24. The van der Waals surface area contributed by atoms with Gasteiger partial charge in [-0.25, -0.2) is 0 Å². The molecule has 0 bridgehead atoms. The molecule has 2 N–H and O–H groups in total. The summed E-state index contributed by atoms with van der Waals surface area (Å²) in [6.45, 7) is 2.43. The van der Waals surface area contributed by atoms with Crippen molar-refractivity contribution in [1.82, 2.24) is 15.5 Å². The minimum atomic E-state index is 0.257. The molecule has 1 aliphatic carbocycles. The first-order valence-electron chi connectivity index (χ1n) is 10.6. The number of hydrogen-bond donors (Lipinski definition) is 2. The topological polar surface area (TPSA) is 66.0 Å². The van der Waals surface area contributed by atoms with Gasteiger partial charge in [-0.2, -0.15) is 0 Å². The SMILES string of the molecule is CN=C(NCCc1cccc(OC)c1)NC1CCN(C(=O)C2CCCCC2)C1. The van der Waals surface area contributed by atoms with Crippen LogP contribution in [0.3, 0.4) is 0 Å². The molecule has 1 atom stereocenters. The quantitative estimate of drug-likeness (QED) is 0.583. The molecule has 1 unspecified atom stereocenters. The van der Waals surface area contributed by atoms with Crippen molar-refractivity contribution in [3.05, 3.63) is 29.8 Å². The summed E-state index contributed by atoms with van der Waals surface area (Å²) in [6.07, 6.45) is 7.71. The molecule has 1 saturated carbocycles. The fraction of sp³-hybridized carbons (Fsp3) is 0.636. The average Bonchev–Trinajstić information content (AvgIpc) is 3.21. The van der Waals surface area contributed by atoms with Gasteiger partial charge in [0.1, 0.15) is 5.75 Å². The number of hydrogen-bond acceptors (Lipinski definition) is 3. The number of aliphatic imine (C=N–C) groups is 1. The number of ether oxygens (including phenoxy) is 1. The third kappa shape index (κ3) is 5.63. The van der Waals surface area contributed by atoms with Gasteiger partial charge in [0.25, 0.3) is 0 Å². The van der Waals surface area contributed by atoms with Crippen LogP contribution in [0.2, 0.25) is 0 Å². The molecular weight excluding hydrogens is 352 g/mol. The summed E-state index contributed by atoms with van der Waals surface area (Å²) in [4.78, 5) is 19.1. The average molecular weight is 387 g/mol. The van der Waals surface area contributed by atoms with Crippen LogP contribution in [0.1, 0.15) is 44.1 Å². The molecule has 0 radical (unpaired) electrons. The van der Waals surface area contributed by atoms with Gasteiger partial charge in [-0.3, -0.25) is 9.79 Å². The zero-order valence-corrected chi connectivity index (χ0v) is 17.2. The Labute approximate surface area is 168 Å². The van der Waals surface area contributed by atoms with Crippen LogP contribution in [0.4, 0.5) is 0 Å². The fourth-order valence-electron chi connectivity index (χ4n) is 4.23. The molecule has 0 spiro atoms. The van der Waals surface area contributed by atoms with Gasteiger partial charge in [0.2, 0.25) is 5.91 Å². The van der Waals surface area contributed by atoms with E-state index in [1.165, 1.54) is 24.8 Å². The normalized spacial score (nSPS) is 20.9. The maximum atomic E-state index is 12.7. The first-order chi connectivity index (χ1) is 13.7. The zero-order valence-electron chi connectivity index (χ0n) is 17.2. The molecule has 28 heavy (non-hydrogen) atoms. The number of methoxy groups -OCH3 is 1. The number of carbonyl (C=O) groups is 1. The standard InChI is InChI=1S/C22H34N4O2/c1-23-22(24-13-11-17-7-6-10-20(15-17)28-2)25-19-12-14-26(16-19)21(27)18-8-4-3-5-9-18/h6-7,10,15,18-19H,3-5,8-9,11-14,16H2,1-2H3,(H2,23,24,25). The predicted molar refractivity (Wildman–Crippen MR) is 113 cm³/mol. The third-order valence-corrected chi connectivity index (χ3v) is 5.86. The van der Waals surface area contributed by atoms with E-state index in [2.05, 4.69) is 32.7 Å². The van der Waals surface area contributed by atoms with Gasteiger partial charge in [-0.05, 0) is 43.4 Å². The van der Waals surface area contributed by atoms with E-state index in [0.29, 0.717) is 5.91 Å². The second-order valence-corrected chi connectivity index (χ2v) is 7.85. The van der Waals surface area contributed by atoms with Crippen molar-refractivity contribution in [3.8, 4) is 5.75 Å². The first-order valence-corrected chi connectivity index (χ1v) is 10.6. The van der Waals surface area contributed by atoms with Gasteiger partial charge >= 0.3 is 0 Å². The lowest BCUT2D eigenvalue weighted by Gasteiger charge is -2.26. The van der Waals surface area contributed by atoms with E-state index in [-0.39, 0.29) is 12.0 Å². The Kier molecular flexibility index (Phi) is 7.57. The number of rotatable bonds is 6. The van der Waals surface area contributed by atoms with E-state index < -0.39 is 0 Å². The van der Waals surface area contributed by atoms with Crippen LogP contribution in [0, 0.1) is 5.92 Å². The van der Waals surface area contributed by atoms with Crippen LogP contribution in [0.25, 0.3) is 0 Å². The van der Waals surface area contributed by atoms with Crippen LogP contribution in [-0.4, -0.2) is 56.6 Å². The largest absolute Gasteiger partial charge is 0.497 e. The highest BCUT2D eigenvalue weighted by Gasteiger charge is 2.31. The Morgan fingerprint density at radius 2 is 2.07 bits per heavy atom. The molecule has 1 heterocycles. The van der Waals surface area contributed by atoms with Gasteiger partial charge in [0.05, 0.1) is 7.11 Å². The maximum absolute atomic E-state index is 12.7. The minimum absolute atomic E-state index is 0.257. The monoisotopic (exact) mass is 386 g/mol. The van der Waals surface area contributed by atoms with Crippen LogP contribution >= 0.6 is 0 Å². The van der Waals surface area contributed by atoms with E-state index in [4.69, 9.17) is 4.74 Å². The highest BCUT2D eigenvalue weighted by molar-refractivity contribution is 5.81. The van der Waals surface area contributed by atoms with Crippen LogP contribution in [0.5, 0.6) is 5.75 Å². The van der Waals surface area contributed by atoms with E-state index in [1.54, 1.807) is 14.2 Å². The van der Waals surface area contributed by atoms with Crippen molar-refractivity contribution < 1.29 is 9.53 Å².